The second kappa shape index (κ2) is 20.9. The van der Waals surface area contributed by atoms with Crippen LogP contribution in [-0.2, 0) is 10.8 Å². The van der Waals surface area contributed by atoms with E-state index in [0.717, 1.165) is 88.6 Å². The summed E-state index contributed by atoms with van der Waals surface area (Å²) in [6, 6.07) is 101. The fourth-order valence-electron chi connectivity index (χ4n) is 13.6. The second-order valence-electron chi connectivity index (χ2n) is 25.6. The fraction of sp³-hybridized carbons (Fsp3) is 0.0964. The molecule has 0 amide bonds. The SMILES string of the molecule is CC(C)(C)c1ccc2c(c1)c1ccccc1n2-c1ccccc1-c1nc(-c2ccccc2-n2c3ccccc3c3cc(C(C)(C)C)ccc32)nc(-n2c3ccc(-c4ccccc4-c4ccccc4)cc3c3cc(-c4ccccc4-c4ccccc4)ccc32)n1. The molecule has 0 radical (unpaired) electrons. The summed E-state index contributed by atoms with van der Waals surface area (Å²) < 4.78 is 7.07. The lowest BCUT2D eigenvalue weighted by molar-refractivity contribution is 0.591. The van der Waals surface area contributed by atoms with Crippen molar-refractivity contribution in [1.82, 2.24) is 28.7 Å². The summed E-state index contributed by atoms with van der Waals surface area (Å²) in [5.74, 6) is 1.63. The molecule has 16 aromatic rings. The van der Waals surface area contributed by atoms with Crippen molar-refractivity contribution in [1.29, 1.82) is 0 Å². The lowest BCUT2D eigenvalue weighted by atomic mass is 9.86. The molecule has 0 spiro atoms. The minimum absolute atomic E-state index is 0.0346. The molecule has 16 rings (SSSR count). The van der Waals surface area contributed by atoms with Gasteiger partial charge in [0.05, 0.1) is 44.5 Å². The van der Waals surface area contributed by atoms with E-state index in [1.807, 2.05) is 0 Å². The Hall–Kier alpha value is -11.0. The van der Waals surface area contributed by atoms with Crippen molar-refractivity contribution in [3.8, 4) is 84.6 Å². The Bertz CT molecular complexity index is 5120. The first-order valence-electron chi connectivity index (χ1n) is 30.8. The highest BCUT2D eigenvalue weighted by Gasteiger charge is 2.26. The predicted octanol–water partition coefficient (Wildman–Crippen LogP) is 21.8. The van der Waals surface area contributed by atoms with Crippen molar-refractivity contribution in [3.63, 3.8) is 0 Å². The smallest absolute Gasteiger partial charge is 0.238 e. The average molecular weight is 1150 g/mol. The zero-order valence-electron chi connectivity index (χ0n) is 50.7. The Kier molecular flexibility index (Phi) is 12.6. The normalized spacial score (nSPS) is 12.2. The summed E-state index contributed by atoms with van der Waals surface area (Å²) in [6.45, 7) is 13.7. The minimum Gasteiger partial charge on any atom is -0.309 e. The Balaban J connectivity index is 0.985. The van der Waals surface area contributed by atoms with Gasteiger partial charge in [0.25, 0.3) is 0 Å². The maximum Gasteiger partial charge on any atom is 0.238 e. The summed E-state index contributed by atoms with van der Waals surface area (Å²) in [6.07, 6.45) is 0. The van der Waals surface area contributed by atoms with Gasteiger partial charge in [-0.2, -0.15) is 9.97 Å². The molecule has 0 unspecified atom stereocenters. The van der Waals surface area contributed by atoms with Gasteiger partial charge >= 0.3 is 0 Å². The molecule has 0 saturated heterocycles. The molecule has 0 aliphatic rings. The van der Waals surface area contributed by atoms with Gasteiger partial charge in [-0.15, -0.1) is 0 Å². The largest absolute Gasteiger partial charge is 0.309 e. The molecule has 4 aromatic heterocycles. The van der Waals surface area contributed by atoms with Gasteiger partial charge < -0.3 is 9.13 Å². The van der Waals surface area contributed by atoms with Gasteiger partial charge in [0.2, 0.25) is 5.95 Å². The fourth-order valence-corrected chi connectivity index (χ4v) is 13.6. The van der Waals surface area contributed by atoms with E-state index in [1.54, 1.807) is 0 Å². The van der Waals surface area contributed by atoms with Crippen LogP contribution in [0.3, 0.4) is 0 Å². The average Bonchev–Trinajstić information content (AvgIpc) is 2.20. The number of benzene rings is 12. The van der Waals surface area contributed by atoms with Crippen LogP contribution in [0.5, 0.6) is 0 Å². The molecule has 0 atom stereocenters. The maximum atomic E-state index is 5.76. The van der Waals surface area contributed by atoms with Crippen LogP contribution in [0.15, 0.2) is 279 Å². The molecule has 0 aliphatic carbocycles. The molecule has 426 valence electrons. The summed E-state index contributed by atoms with van der Waals surface area (Å²) in [7, 11) is 0. The van der Waals surface area contributed by atoms with Crippen molar-refractivity contribution in [2.45, 2.75) is 52.4 Å². The van der Waals surface area contributed by atoms with Gasteiger partial charge in [-0.05, 0) is 151 Å². The Morgan fingerprint density at radius 1 is 0.236 bits per heavy atom. The Labute approximate surface area is 518 Å². The van der Waals surface area contributed by atoms with Crippen LogP contribution in [0, 0.1) is 0 Å². The lowest BCUT2D eigenvalue weighted by Crippen LogP contribution is -2.10. The van der Waals surface area contributed by atoms with Crippen LogP contribution in [0.1, 0.15) is 52.7 Å². The molecule has 0 N–H and O–H groups in total. The summed E-state index contributed by atoms with van der Waals surface area (Å²) in [5, 5.41) is 6.97. The van der Waals surface area contributed by atoms with E-state index in [9.17, 15) is 0 Å². The first kappa shape index (κ1) is 53.5. The molecule has 12 aromatic carbocycles. The molecule has 0 bridgehead atoms. The highest BCUT2D eigenvalue weighted by Crippen LogP contribution is 2.44. The highest BCUT2D eigenvalue weighted by molar-refractivity contribution is 6.14. The number of rotatable bonds is 9. The van der Waals surface area contributed by atoms with Crippen LogP contribution >= 0.6 is 0 Å². The van der Waals surface area contributed by atoms with Crippen LogP contribution in [-0.4, -0.2) is 28.7 Å². The predicted molar refractivity (Wildman–Crippen MR) is 373 cm³/mol. The molecule has 6 heteroatoms. The molecular weight excluding hydrogens is 1080 g/mol. The van der Waals surface area contributed by atoms with Gasteiger partial charge in [0, 0.05) is 43.4 Å². The van der Waals surface area contributed by atoms with E-state index in [1.165, 1.54) is 54.9 Å². The number of aromatic nitrogens is 6. The molecule has 6 nitrogen and oxygen atoms in total. The van der Waals surface area contributed by atoms with Crippen LogP contribution in [0.25, 0.3) is 150 Å². The topological polar surface area (TPSA) is 53.5 Å². The van der Waals surface area contributed by atoms with Crippen molar-refractivity contribution in [2.24, 2.45) is 0 Å². The zero-order chi connectivity index (χ0) is 60.1. The van der Waals surface area contributed by atoms with Crippen molar-refractivity contribution in [3.05, 3.63) is 290 Å². The third kappa shape index (κ3) is 9.04. The maximum absolute atomic E-state index is 5.76. The van der Waals surface area contributed by atoms with Crippen LogP contribution in [0.2, 0.25) is 0 Å². The summed E-state index contributed by atoms with van der Waals surface area (Å²) in [4.78, 5) is 17.2. The number of para-hydroxylation sites is 4. The molecule has 4 heterocycles. The third-order valence-electron chi connectivity index (χ3n) is 18.1. The van der Waals surface area contributed by atoms with Crippen LogP contribution in [0.4, 0.5) is 0 Å². The van der Waals surface area contributed by atoms with Gasteiger partial charge in [0.15, 0.2) is 11.6 Å². The number of nitrogens with zero attached hydrogens (tertiary/aromatic N) is 6. The molecule has 0 fully saturated rings. The minimum atomic E-state index is -0.0346. The standard InChI is InChI=1S/C83H64N6/c1-82(2,3)57-43-47-75-69(51-57)63-33-17-21-37-71(63)87(75)73-39-23-19-35-65(73)79-84-80(66-36-20-24-40-74(66)88-72-38-22-18-34-64(72)70-52-58(83(4,5)6)44-48-76(70)88)86-81(85-79)89-77-45-41-55(61-31-15-13-29-59(61)53-25-9-7-10-26-53)49-67(77)68-50-56(42-46-78(68)89)62-32-16-14-30-60(62)54-27-11-8-12-28-54/h7-52H,1-6H3. The van der Waals surface area contributed by atoms with Gasteiger partial charge in [-0.25, -0.2) is 4.98 Å². The van der Waals surface area contributed by atoms with E-state index in [2.05, 4.69) is 334 Å². The highest BCUT2D eigenvalue weighted by atomic mass is 15.2. The van der Waals surface area contributed by atoms with Crippen molar-refractivity contribution >= 4 is 65.4 Å². The number of fused-ring (bicyclic) bond motifs is 9. The monoisotopic (exact) mass is 1140 g/mol. The van der Waals surface area contributed by atoms with E-state index in [4.69, 9.17) is 15.0 Å². The molecular formula is C83H64N6. The molecule has 0 aliphatic heterocycles. The van der Waals surface area contributed by atoms with E-state index in [-0.39, 0.29) is 10.8 Å². The van der Waals surface area contributed by atoms with Crippen molar-refractivity contribution < 1.29 is 0 Å². The quantitative estimate of drug-likeness (QED) is 0.145. The molecule has 89 heavy (non-hydrogen) atoms. The zero-order valence-corrected chi connectivity index (χ0v) is 50.7. The van der Waals surface area contributed by atoms with Gasteiger partial charge in [0.1, 0.15) is 0 Å². The lowest BCUT2D eigenvalue weighted by Gasteiger charge is -2.20. The summed E-state index contributed by atoms with van der Waals surface area (Å²) in [5.41, 5.74) is 21.9. The second-order valence-corrected chi connectivity index (χ2v) is 25.6. The first-order valence-corrected chi connectivity index (χ1v) is 30.8. The first-order chi connectivity index (χ1) is 43.4. The van der Waals surface area contributed by atoms with E-state index < -0.39 is 0 Å². The molecule has 0 saturated carbocycles. The number of hydrogen-bond donors (Lipinski definition) is 0. The van der Waals surface area contributed by atoms with Gasteiger partial charge in [-0.3, -0.25) is 4.57 Å². The number of hydrogen-bond acceptors (Lipinski definition) is 3. The Morgan fingerprint density at radius 2 is 0.551 bits per heavy atom. The van der Waals surface area contributed by atoms with Crippen molar-refractivity contribution in [2.75, 3.05) is 0 Å². The van der Waals surface area contributed by atoms with Gasteiger partial charge in [-0.1, -0.05) is 236 Å². The third-order valence-corrected chi connectivity index (χ3v) is 18.1. The van der Waals surface area contributed by atoms with Crippen LogP contribution < -0.4 is 0 Å². The van der Waals surface area contributed by atoms with E-state index >= 15 is 0 Å². The van der Waals surface area contributed by atoms with E-state index in [0.29, 0.717) is 17.6 Å². The Morgan fingerprint density at radius 3 is 0.966 bits per heavy atom. The summed E-state index contributed by atoms with van der Waals surface area (Å²) >= 11 is 0.